The standard InChI is InChI=1S/C19H16N2O/c22-19-12-6-15(7-13-19)14-20-16-8-10-18(11-9-16)21-17-4-2-1-3-5-17/h1-14,21-22H. The highest BCUT2D eigenvalue weighted by Gasteiger charge is 1.95. The fraction of sp³-hybridized carbons (Fsp3) is 0. The molecule has 2 N–H and O–H groups in total. The maximum atomic E-state index is 9.24. The van der Waals surface area contributed by atoms with Gasteiger partial charge in [0.2, 0.25) is 0 Å². The molecule has 0 heterocycles. The molecule has 0 aliphatic rings. The molecule has 22 heavy (non-hydrogen) atoms. The van der Waals surface area contributed by atoms with Crippen LogP contribution in [-0.4, -0.2) is 11.3 Å². The molecular formula is C19H16N2O. The maximum Gasteiger partial charge on any atom is 0.115 e. The van der Waals surface area contributed by atoms with Crippen LogP contribution in [0.3, 0.4) is 0 Å². The van der Waals surface area contributed by atoms with Crippen LogP contribution in [0.5, 0.6) is 5.75 Å². The van der Waals surface area contributed by atoms with Gasteiger partial charge in [-0.1, -0.05) is 18.2 Å². The molecule has 0 amide bonds. The molecule has 0 unspecified atom stereocenters. The van der Waals surface area contributed by atoms with Gasteiger partial charge in [0.05, 0.1) is 5.69 Å². The number of nitrogens with one attached hydrogen (secondary N) is 1. The van der Waals surface area contributed by atoms with Gasteiger partial charge in [0.15, 0.2) is 0 Å². The molecule has 3 aromatic rings. The summed E-state index contributed by atoms with van der Waals surface area (Å²) in [5.41, 5.74) is 3.91. The summed E-state index contributed by atoms with van der Waals surface area (Å²) in [7, 11) is 0. The van der Waals surface area contributed by atoms with Crippen LogP contribution < -0.4 is 5.32 Å². The maximum absolute atomic E-state index is 9.24. The van der Waals surface area contributed by atoms with Crippen LogP contribution in [-0.2, 0) is 0 Å². The lowest BCUT2D eigenvalue weighted by molar-refractivity contribution is 0.475. The number of rotatable bonds is 4. The average Bonchev–Trinajstić information content (AvgIpc) is 2.57. The molecule has 3 nitrogen and oxygen atoms in total. The summed E-state index contributed by atoms with van der Waals surface area (Å²) < 4.78 is 0. The molecule has 108 valence electrons. The van der Waals surface area contributed by atoms with E-state index >= 15 is 0 Å². The van der Waals surface area contributed by atoms with Crippen LogP contribution in [0.25, 0.3) is 0 Å². The number of hydrogen-bond acceptors (Lipinski definition) is 3. The Kier molecular flexibility index (Phi) is 4.16. The zero-order chi connectivity index (χ0) is 15.2. The molecule has 0 bridgehead atoms. The largest absolute Gasteiger partial charge is 0.508 e. The van der Waals surface area contributed by atoms with Crippen molar-refractivity contribution < 1.29 is 5.11 Å². The Labute approximate surface area is 129 Å². The molecule has 0 fully saturated rings. The summed E-state index contributed by atoms with van der Waals surface area (Å²) in [6.45, 7) is 0. The first kappa shape index (κ1) is 13.9. The summed E-state index contributed by atoms with van der Waals surface area (Å²) in [4.78, 5) is 4.42. The first-order chi connectivity index (χ1) is 10.8. The second-order valence-electron chi connectivity index (χ2n) is 4.89. The van der Waals surface area contributed by atoms with Gasteiger partial charge in [0.25, 0.3) is 0 Å². The van der Waals surface area contributed by atoms with Gasteiger partial charge in [-0.25, -0.2) is 0 Å². The lowest BCUT2D eigenvalue weighted by Crippen LogP contribution is -1.88. The Morgan fingerprint density at radius 1 is 0.727 bits per heavy atom. The quantitative estimate of drug-likeness (QED) is 0.671. The van der Waals surface area contributed by atoms with Crippen molar-refractivity contribution in [2.45, 2.75) is 0 Å². The summed E-state index contributed by atoms with van der Waals surface area (Å²) in [5.74, 6) is 0.258. The van der Waals surface area contributed by atoms with Crippen LogP contribution in [0.1, 0.15) is 5.56 Å². The predicted molar refractivity (Wildman–Crippen MR) is 91.5 cm³/mol. The van der Waals surface area contributed by atoms with E-state index < -0.39 is 0 Å². The molecule has 3 rings (SSSR count). The van der Waals surface area contributed by atoms with Crippen molar-refractivity contribution in [1.29, 1.82) is 0 Å². The number of nitrogens with zero attached hydrogens (tertiary/aromatic N) is 1. The van der Waals surface area contributed by atoms with E-state index in [1.165, 1.54) is 0 Å². The van der Waals surface area contributed by atoms with Crippen molar-refractivity contribution >= 4 is 23.3 Å². The Hall–Kier alpha value is -3.07. The predicted octanol–water partition coefficient (Wildman–Crippen LogP) is 4.89. The minimum Gasteiger partial charge on any atom is -0.508 e. The summed E-state index contributed by atoms with van der Waals surface area (Å²) in [6.07, 6.45) is 1.78. The molecule has 0 spiro atoms. The molecule has 0 radical (unpaired) electrons. The van der Waals surface area contributed by atoms with Gasteiger partial charge in [0.1, 0.15) is 5.75 Å². The van der Waals surface area contributed by atoms with E-state index in [4.69, 9.17) is 0 Å². The van der Waals surface area contributed by atoms with E-state index in [0.717, 1.165) is 22.6 Å². The van der Waals surface area contributed by atoms with E-state index in [1.807, 2.05) is 66.7 Å². The molecule has 3 aromatic carbocycles. The first-order valence-corrected chi connectivity index (χ1v) is 7.05. The van der Waals surface area contributed by atoms with Gasteiger partial charge in [-0.15, -0.1) is 0 Å². The molecule has 0 aromatic heterocycles. The minimum atomic E-state index is 0.258. The number of para-hydroxylation sites is 1. The number of aromatic hydroxyl groups is 1. The van der Waals surface area contributed by atoms with Gasteiger partial charge >= 0.3 is 0 Å². The normalized spacial score (nSPS) is 10.7. The minimum absolute atomic E-state index is 0.258. The topological polar surface area (TPSA) is 44.6 Å². The molecule has 0 saturated heterocycles. The third kappa shape index (κ3) is 3.73. The van der Waals surface area contributed by atoms with E-state index in [2.05, 4.69) is 10.3 Å². The SMILES string of the molecule is Oc1ccc(C=Nc2ccc(Nc3ccccc3)cc2)cc1. The second kappa shape index (κ2) is 6.59. The Morgan fingerprint density at radius 2 is 1.36 bits per heavy atom. The summed E-state index contributed by atoms with van der Waals surface area (Å²) in [6, 6.07) is 24.9. The van der Waals surface area contributed by atoms with E-state index in [-0.39, 0.29) is 5.75 Å². The van der Waals surface area contributed by atoms with Gasteiger partial charge in [-0.2, -0.15) is 0 Å². The highest BCUT2D eigenvalue weighted by molar-refractivity contribution is 5.82. The molecule has 3 heteroatoms. The molecule has 0 aliphatic heterocycles. The van der Waals surface area contributed by atoms with Gasteiger partial charge in [0, 0.05) is 17.6 Å². The highest BCUT2D eigenvalue weighted by Crippen LogP contribution is 2.20. The summed E-state index contributed by atoms with van der Waals surface area (Å²) in [5, 5.41) is 12.6. The molecule has 0 atom stereocenters. The van der Waals surface area contributed by atoms with Crippen LogP contribution in [0.15, 0.2) is 83.9 Å². The van der Waals surface area contributed by atoms with E-state index in [0.29, 0.717) is 0 Å². The van der Waals surface area contributed by atoms with Crippen molar-refractivity contribution in [3.63, 3.8) is 0 Å². The van der Waals surface area contributed by atoms with Crippen molar-refractivity contribution in [3.8, 4) is 5.75 Å². The van der Waals surface area contributed by atoms with Crippen molar-refractivity contribution in [2.75, 3.05) is 5.32 Å². The molecule has 0 aliphatic carbocycles. The number of anilines is 2. The van der Waals surface area contributed by atoms with E-state index in [9.17, 15) is 5.11 Å². The first-order valence-electron chi connectivity index (χ1n) is 7.05. The monoisotopic (exact) mass is 288 g/mol. The van der Waals surface area contributed by atoms with E-state index in [1.54, 1.807) is 18.3 Å². The zero-order valence-electron chi connectivity index (χ0n) is 12.0. The number of aliphatic imine (C=N–C) groups is 1. The Bertz CT molecular complexity index is 748. The van der Waals surface area contributed by atoms with Crippen LogP contribution in [0.4, 0.5) is 17.1 Å². The number of phenols is 1. The van der Waals surface area contributed by atoms with Gasteiger partial charge in [-0.3, -0.25) is 4.99 Å². The zero-order valence-corrected chi connectivity index (χ0v) is 12.0. The third-order valence-electron chi connectivity index (χ3n) is 3.19. The second-order valence-corrected chi connectivity index (χ2v) is 4.89. The van der Waals surface area contributed by atoms with Crippen molar-refractivity contribution in [1.82, 2.24) is 0 Å². The molecular weight excluding hydrogens is 272 g/mol. The highest BCUT2D eigenvalue weighted by atomic mass is 16.3. The van der Waals surface area contributed by atoms with Crippen molar-refractivity contribution in [2.24, 2.45) is 4.99 Å². The molecule has 0 saturated carbocycles. The van der Waals surface area contributed by atoms with Crippen molar-refractivity contribution in [3.05, 3.63) is 84.4 Å². The third-order valence-corrected chi connectivity index (χ3v) is 3.19. The van der Waals surface area contributed by atoms with Crippen LogP contribution in [0.2, 0.25) is 0 Å². The number of hydrogen-bond donors (Lipinski definition) is 2. The lowest BCUT2D eigenvalue weighted by Gasteiger charge is -2.06. The fourth-order valence-electron chi connectivity index (χ4n) is 2.03. The number of phenolic OH excluding ortho intramolecular Hbond substituents is 1. The number of benzene rings is 3. The van der Waals surface area contributed by atoms with Gasteiger partial charge in [-0.05, 0) is 66.2 Å². The fourth-order valence-corrected chi connectivity index (χ4v) is 2.03. The smallest absolute Gasteiger partial charge is 0.115 e. The average molecular weight is 288 g/mol. The summed E-state index contributed by atoms with van der Waals surface area (Å²) >= 11 is 0. The van der Waals surface area contributed by atoms with Gasteiger partial charge < -0.3 is 10.4 Å². The van der Waals surface area contributed by atoms with Crippen LogP contribution >= 0.6 is 0 Å². The lowest BCUT2D eigenvalue weighted by atomic mass is 10.2. The Balaban J connectivity index is 1.67. The Morgan fingerprint density at radius 3 is 2.05 bits per heavy atom. The van der Waals surface area contributed by atoms with Crippen LogP contribution in [0, 0.1) is 0 Å².